The zero-order valence-corrected chi connectivity index (χ0v) is 44.5. The van der Waals surface area contributed by atoms with Crippen LogP contribution in [0.2, 0.25) is 0 Å². The standard InChI is InChI=1S/C63H102O6/c1-4-7-10-13-16-19-22-25-28-31-32-33-36-38-41-44-47-50-53-56-62(65)68-59-60(69-63(66)57-54-51-48-45-42-39-35-30-27-24-21-18-15-12-9-6-3)58-67-61(64)55-52-49-46-43-40-37-34-29-26-23-20-17-14-11-8-5-2/h8-9,11-12,16-22,25-27,29-30,39,42,48,51,60H,4-7,10,13-15,23-24,28,31-38,40-41,43-47,49-50,52-59H2,1-3H3/b11-8-,12-9-,19-16-,20-17-,21-18-,25-22-,29-26-,30-27-,42-39-,51-48-. The van der Waals surface area contributed by atoms with E-state index in [1.165, 1.54) is 89.9 Å². The van der Waals surface area contributed by atoms with E-state index in [1.807, 2.05) is 12.2 Å². The van der Waals surface area contributed by atoms with Crippen molar-refractivity contribution in [2.75, 3.05) is 13.2 Å². The Morgan fingerprint density at radius 1 is 0.319 bits per heavy atom. The first kappa shape index (κ1) is 64.8. The summed E-state index contributed by atoms with van der Waals surface area (Å²) in [6, 6.07) is 0. The maximum Gasteiger partial charge on any atom is 0.306 e. The number of allylic oxidation sites excluding steroid dienone is 20. The average molecular weight is 956 g/mol. The summed E-state index contributed by atoms with van der Waals surface area (Å²) in [4.78, 5) is 38.1. The van der Waals surface area contributed by atoms with Crippen LogP contribution in [0.15, 0.2) is 122 Å². The Hall–Kier alpha value is -4.19. The molecule has 0 aliphatic rings. The Morgan fingerprint density at radius 2 is 0.638 bits per heavy atom. The second-order valence-corrected chi connectivity index (χ2v) is 18.1. The van der Waals surface area contributed by atoms with Gasteiger partial charge in [-0.05, 0) is 109 Å². The fraction of sp³-hybridized carbons (Fsp3) is 0.635. The summed E-state index contributed by atoms with van der Waals surface area (Å²) in [6.45, 7) is 6.31. The predicted molar refractivity (Wildman–Crippen MR) is 297 cm³/mol. The number of carbonyl (C=O) groups excluding carboxylic acids is 3. The summed E-state index contributed by atoms with van der Waals surface area (Å²) in [5, 5.41) is 0. The monoisotopic (exact) mass is 955 g/mol. The molecule has 0 N–H and O–H groups in total. The van der Waals surface area contributed by atoms with E-state index >= 15 is 0 Å². The van der Waals surface area contributed by atoms with Crippen molar-refractivity contribution in [3.8, 4) is 0 Å². The predicted octanol–water partition coefficient (Wildman–Crippen LogP) is 18.9. The van der Waals surface area contributed by atoms with Gasteiger partial charge in [-0.1, -0.05) is 232 Å². The van der Waals surface area contributed by atoms with Gasteiger partial charge in [-0.25, -0.2) is 0 Å². The van der Waals surface area contributed by atoms with Gasteiger partial charge in [0.05, 0.1) is 0 Å². The molecular formula is C63H102O6. The van der Waals surface area contributed by atoms with E-state index in [-0.39, 0.29) is 31.6 Å². The van der Waals surface area contributed by atoms with Crippen molar-refractivity contribution < 1.29 is 28.6 Å². The smallest absolute Gasteiger partial charge is 0.306 e. The first-order chi connectivity index (χ1) is 34.0. The molecule has 0 aliphatic heterocycles. The Balaban J connectivity index is 4.51. The summed E-state index contributed by atoms with van der Waals surface area (Å²) >= 11 is 0. The van der Waals surface area contributed by atoms with E-state index < -0.39 is 12.1 Å². The van der Waals surface area contributed by atoms with Gasteiger partial charge in [-0.15, -0.1) is 0 Å². The van der Waals surface area contributed by atoms with E-state index in [0.717, 1.165) is 103 Å². The second kappa shape index (κ2) is 56.4. The van der Waals surface area contributed by atoms with E-state index in [9.17, 15) is 14.4 Å². The van der Waals surface area contributed by atoms with Crippen LogP contribution in [-0.4, -0.2) is 37.2 Å². The molecule has 69 heavy (non-hydrogen) atoms. The highest BCUT2D eigenvalue weighted by Crippen LogP contribution is 2.14. The molecule has 0 bridgehead atoms. The third-order valence-electron chi connectivity index (χ3n) is 11.5. The number of hydrogen-bond donors (Lipinski definition) is 0. The van der Waals surface area contributed by atoms with E-state index in [1.54, 1.807) is 0 Å². The maximum absolute atomic E-state index is 12.8. The molecule has 1 unspecified atom stereocenters. The van der Waals surface area contributed by atoms with Crippen molar-refractivity contribution in [3.63, 3.8) is 0 Å². The first-order valence-corrected chi connectivity index (χ1v) is 28.1. The van der Waals surface area contributed by atoms with Crippen molar-refractivity contribution in [2.24, 2.45) is 0 Å². The van der Waals surface area contributed by atoms with Crippen LogP contribution < -0.4 is 0 Å². The average Bonchev–Trinajstić information content (AvgIpc) is 3.35. The minimum absolute atomic E-state index is 0.117. The Bertz CT molecular complexity index is 1470. The fourth-order valence-electron chi connectivity index (χ4n) is 7.32. The van der Waals surface area contributed by atoms with Crippen molar-refractivity contribution in [1.82, 2.24) is 0 Å². The number of esters is 3. The van der Waals surface area contributed by atoms with Gasteiger partial charge in [0, 0.05) is 19.3 Å². The summed E-state index contributed by atoms with van der Waals surface area (Å²) < 4.78 is 16.8. The van der Waals surface area contributed by atoms with Gasteiger partial charge < -0.3 is 14.2 Å². The second-order valence-electron chi connectivity index (χ2n) is 18.1. The fourth-order valence-corrected chi connectivity index (χ4v) is 7.32. The van der Waals surface area contributed by atoms with Crippen LogP contribution in [0.1, 0.15) is 239 Å². The summed E-state index contributed by atoms with van der Waals surface area (Å²) in [5.74, 6) is -1.02. The van der Waals surface area contributed by atoms with Crippen molar-refractivity contribution in [1.29, 1.82) is 0 Å². The highest BCUT2D eigenvalue weighted by molar-refractivity contribution is 5.71. The third kappa shape index (κ3) is 54.6. The van der Waals surface area contributed by atoms with Gasteiger partial charge in [-0.3, -0.25) is 14.4 Å². The lowest BCUT2D eigenvalue weighted by Gasteiger charge is -2.18. The van der Waals surface area contributed by atoms with Crippen LogP contribution in [0, 0.1) is 0 Å². The van der Waals surface area contributed by atoms with Gasteiger partial charge in [-0.2, -0.15) is 0 Å². The largest absolute Gasteiger partial charge is 0.462 e. The molecule has 6 nitrogen and oxygen atoms in total. The molecule has 390 valence electrons. The maximum atomic E-state index is 12.8. The van der Waals surface area contributed by atoms with Crippen molar-refractivity contribution >= 4 is 17.9 Å². The molecule has 1 atom stereocenters. The molecule has 0 aromatic rings. The molecule has 0 saturated heterocycles. The van der Waals surface area contributed by atoms with Gasteiger partial charge in [0.2, 0.25) is 0 Å². The van der Waals surface area contributed by atoms with E-state index in [4.69, 9.17) is 14.2 Å². The molecule has 0 radical (unpaired) electrons. The molecule has 0 aliphatic carbocycles. The number of unbranched alkanes of at least 4 members (excludes halogenated alkanes) is 19. The molecule has 0 heterocycles. The zero-order chi connectivity index (χ0) is 50.0. The number of ether oxygens (including phenoxy) is 3. The number of rotatable bonds is 49. The molecule has 0 amide bonds. The van der Waals surface area contributed by atoms with Gasteiger partial charge in [0.1, 0.15) is 13.2 Å². The molecular weight excluding hydrogens is 853 g/mol. The topological polar surface area (TPSA) is 78.9 Å². The molecule has 0 aromatic carbocycles. The van der Waals surface area contributed by atoms with E-state index in [2.05, 4.69) is 130 Å². The van der Waals surface area contributed by atoms with Gasteiger partial charge in [0.15, 0.2) is 6.10 Å². The molecule has 6 heteroatoms. The van der Waals surface area contributed by atoms with Crippen molar-refractivity contribution in [3.05, 3.63) is 122 Å². The normalized spacial score (nSPS) is 13.0. The highest BCUT2D eigenvalue weighted by Gasteiger charge is 2.19. The lowest BCUT2D eigenvalue weighted by atomic mass is 10.1. The van der Waals surface area contributed by atoms with Crippen LogP contribution in [0.4, 0.5) is 0 Å². The quantitative estimate of drug-likeness (QED) is 0.0199. The Morgan fingerprint density at radius 3 is 1.03 bits per heavy atom. The summed E-state index contributed by atoms with van der Waals surface area (Å²) in [7, 11) is 0. The van der Waals surface area contributed by atoms with Crippen LogP contribution in [0.25, 0.3) is 0 Å². The Labute approximate surface area is 424 Å². The minimum Gasteiger partial charge on any atom is -0.462 e. The van der Waals surface area contributed by atoms with Gasteiger partial charge >= 0.3 is 17.9 Å². The molecule has 0 rings (SSSR count). The molecule has 0 aromatic heterocycles. The van der Waals surface area contributed by atoms with Gasteiger partial charge in [0.25, 0.3) is 0 Å². The SMILES string of the molecule is CC/C=C\C/C=C\C/C=C\C/C=C\C/C=C\CCC(=O)OC(COC(=O)CCCCCCCC/C=C\C/C=C\C/C=C\CC)COC(=O)CCCCCCCCCCCC/C=C\C=C/CCCCC. The Kier molecular flexibility index (Phi) is 53.0. The zero-order valence-electron chi connectivity index (χ0n) is 44.5. The van der Waals surface area contributed by atoms with Crippen LogP contribution in [0.3, 0.4) is 0 Å². The summed E-state index contributed by atoms with van der Waals surface area (Å²) in [5.41, 5.74) is 0. The van der Waals surface area contributed by atoms with Crippen LogP contribution in [0.5, 0.6) is 0 Å². The molecule has 0 saturated carbocycles. The number of hydrogen-bond acceptors (Lipinski definition) is 6. The minimum atomic E-state index is -0.828. The highest BCUT2D eigenvalue weighted by atomic mass is 16.6. The lowest BCUT2D eigenvalue weighted by Crippen LogP contribution is -2.30. The van der Waals surface area contributed by atoms with E-state index in [0.29, 0.717) is 19.3 Å². The summed E-state index contributed by atoms with van der Waals surface area (Å²) in [6.07, 6.45) is 77.7. The van der Waals surface area contributed by atoms with Crippen molar-refractivity contribution in [2.45, 2.75) is 245 Å². The molecule has 0 fully saturated rings. The number of carbonyl (C=O) groups is 3. The van der Waals surface area contributed by atoms with Crippen LogP contribution >= 0.6 is 0 Å². The first-order valence-electron chi connectivity index (χ1n) is 28.1. The molecule has 0 spiro atoms. The van der Waals surface area contributed by atoms with Crippen LogP contribution in [-0.2, 0) is 28.6 Å². The lowest BCUT2D eigenvalue weighted by molar-refractivity contribution is -0.166. The third-order valence-corrected chi connectivity index (χ3v) is 11.5.